The maximum absolute atomic E-state index is 13.2. The Morgan fingerprint density at radius 2 is 2.08 bits per heavy atom. The van der Waals surface area contributed by atoms with Gasteiger partial charge in [0.1, 0.15) is 23.2 Å². The number of carboxylic acid groups (broad SMARTS) is 1. The molecule has 2 aromatic heterocycles. The van der Waals surface area contributed by atoms with Gasteiger partial charge in [0.15, 0.2) is 10.8 Å². The number of thiazole rings is 1. The number of thioether (sulfide) groups is 2. The maximum atomic E-state index is 13.2. The van der Waals surface area contributed by atoms with E-state index in [1.807, 2.05) is 24.5 Å². The molecule has 1 saturated heterocycles. The lowest BCUT2D eigenvalue weighted by Gasteiger charge is -2.50. The number of nitrogen functional groups attached to an aromatic ring is 1. The second-order valence-electron chi connectivity index (χ2n) is 9.08. The van der Waals surface area contributed by atoms with Crippen LogP contribution in [0.3, 0.4) is 0 Å². The van der Waals surface area contributed by atoms with Gasteiger partial charge in [0.05, 0.1) is 18.7 Å². The Balaban J connectivity index is 1.28. The lowest BCUT2D eigenvalue weighted by atomic mass is 10.0. The molecule has 4 heterocycles. The third kappa shape index (κ3) is 5.84. The summed E-state index contributed by atoms with van der Waals surface area (Å²) in [6, 6.07) is 2.89. The Hall–Kier alpha value is -3.30. The number of amides is 2. The minimum absolute atomic E-state index is 0.0721. The Kier molecular flexibility index (Phi) is 8.28. The predicted octanol–water partition coefficient (Wildman–Crippen LogP) is 0.0456. The molecule has 1 aliphatic carbocycles. The van der Waals surface area contributed by atoms with Crippen LogP contribution in [0.15, 0.2) is 51.2 Å². The minimum atomic E-state index is -1.42. The van der Waals surface area contributed by atoms with Crippen molar-refractivity contribution in [1.82, 2.24) is 15.2 Å². The van der Waals surface area contributed by atoms with Crippen LogP contribution in [0.1, 0.15) is 31.4 Å². The first-order valence-electron chi connectivity index (χ1n) is 12.3. The normalized spacial score (nSPS) is 21.4. The summed E-state index contributed by atoms with van der Waals surface area (Å²) in [4.78, 5) is 50.4. The summed E-state index contributed by atoms with van der Waals surface area (Å²) in [5, 5.41) is 20.2. The number of β-lactam (4-membered cyclic amide) rings is 1. The van der Waals surface area contributed by atoms with E-state index in [4.69, 9.17) is 10.6 Å². The van der Waals surface area contributed by atoms with Gasteiger partial charge in [-0.2, -0.15) is 5.43 Å². The van der Waals surface area contributed by atoms with Gasteiger partial charge >= 0.3 is 0 Å². The Morgan fingerprint density at radius 3 is 2.72 bits per heavy atom. The van der Waals surface area contributed by atoms with Crippen molar-refractivity contribution in [3.63, 3.8) is 0 Å². The number of nitrogens with one attached hydrogen (secondary N) is 2. The van der Waals surface area contributed by atoms with Crippen LogP contribution in [0.25, 0.3) is 0 Å². The maximum Gasteiger partial charge on any atom is 0.276 e. The lowest BCUT2D eigenvalue weighted by molar-refractivity contribution is -0.647. The zero-order chi connectivity index (χ0) is 27.5. The number of pyridine rings is 1. The van der Waals surface area contributed by atoms with Crippen molar-refractivity contribution < 1.29 is 29.0 Å². The van der Waals surface area contributed by atoms with Gasteiger partial charge < -0.3 is 25.8 Å². The summed E-state index contributed by atoms with van der Waals surface area (Å²) < 4.78 is 1.78. The van der Waals surface area contributed by atoms with Gasteiger partial charge in [0.2, 0.25) is 12.4 Å². The van der Waals surface area contributed by atoms with Gasteiger partial charge in [0, 0.05) is 33.9 Å². The van der Waals surface area contributed by atoms with E-state index in [9.17, 15) is 19.5 Å². The van der Waals surface area contributed by atoms with Gasteiger partial charge in [-0.3, -0.25) is 14.5 Å². The van der Waals surface area contributed by atoms with E-state index in [2.05, 4.69) is 20.9 Å². The summed E-state index contributed by atoms with van der Waals surface area (Å²) in [5.74, 6) is -1.81. The van der Waals surface area contributed by atoms with E-state index >= 15 is 0 Å². The molecule has 4 N–H and O–H groups in total. The SMILES string of the molecule is CN[n+]1ccc(SCC2=C(C(=O)[O-])N3C(=O)[C@@H](NC(=O)/C(=N\OC4CCCC4)c4csc(N)n4)[C@H]3SC2)cc1. The number of anilines is 1. The van der Waals surface area contributed by atoms with Crippen LogP contribution in [0.5, 0.6) is 0 Å². The van der Waals surface area contributed by atoms with E-state index in [1.165, 1.54) is 28.4 Å². The van der Waals surface area contributed by atoms with Gasteiger partial charge in [-0.1, -0.05) is 9.83 Å². The van der Waals surface area contributed by atoms with Crippen molar-refractivity contribution in [2.24, 2.45) is 5.16 Å². The minimum Gasteiger partial charge on any atom is -0.543 e. The van der Waals surface area contributed by atoms with Gasteiger partial charge in [-0.15, -0.1) is 34.9 Å². The molecule has 206 valence electrons. The van der Waals surface area contributed by atoms with Gasteiger partial charge in [0.25, 0.3) is 11.8 Å². The quantitative estimate of drug-likeness (QED) is 0.113. The Labute approximate surface area is 237 Å². The first-order valence-corrected chi connectivity index (χ1v) is 15.2. The van der Waals surface area contributed by atoms with Crippen LogP contribution in [-0.2, 0) is 19.2 Å². The monoisotopic (exact) mass is 589 g/mol. The number of fused-ring (bicyclic) bond motifs is 1. The summed E-state index contributed by atoms with van der Waals surface area (Å²) in [5.41, 5.74) is 9.37. The fourth-order valence-corrected chi connectivity index (χ4v) is 7.46. The second kappa shape index (κ2) is 11.8. The number of rotatable bonds is 10. The zero-order valence-electron chi connectivity index (χ0n) is 21.0. The lowest BCUT2D eigenvalue weighted by Crippen LogP contribution is -2.71. The predicted molar refractivity (Wildman–Crippen MR) is 146 cm³/mol. The highest BCUT2D eigenvalue weighted by Crippen LogP contribution is 2.41. The number of nitrogens with two attached hydrogens (primary N) is 1. The van der Waals surface area contributed by atoms with E-state index in [0.717, 1.165) is 41.9 Å². The van der Waals surface area contributed by atoms with Crippen LogP contribution in [0.4, 0.5) is 5.13 Å². The number of aromatic nitrogens is 2. The Bertz CT molecular complexity index is 1320. The number of oxime groups is 1. The molecule has 2 atom stereocenters. The molecule has 15 heteroatoms. The fourth-order valence-electron chi connectivity index (χ4n) is 4.54. The van der Waals surface area contributed by atoms with E-state index in [-0.39, 0.29) is 28.3 Å². The van der Waals surface area contributed by atoms with Crippen LogP contribution >= 0.6 is 34.9 Å². The summed E-state index contributed by atoms with van der Waals surface area (Å²) in [7, 11) is 1.80. The van der Waals surface area contributed by atoms with Gasteiger partial charge in [-0.05, 0) is 31.3 Å². The number of aliphatic carboxylic acids is 1. The van der Waals surface area contributed by atoms with Crippen LogP contribution in [0.2, 0.25) is 0 Å². The highest BCUT2D eigenvalue weighted by molar-refractivity contribution is 8.01. The first kappa shape index (κ1) is 27.3. The molecule has 0 aromatic carbocycles. The van der Waals surface area contributed by atoms with Gasteiger partial charge in [-0.25, -0.2) is 4.98 Å². The molecule has 2 aliphatic heterocycles. The molecule has 39 heavy (non-hydrogen) atoms. The molecule has 2 aromatic rings. The van der Waals surface area contributed by atoms with E-state index < -0.39 is 29.2 Å². The highest BCUT2D eigenvalue weighted by Gasteiger charge is 2.53. The fraction of sp³-hybridized carbons (Fsp3) is 0.417. The van der Waals surface area contributed by atoms with Crippen LogP contribution in [-0.4, -0.2) is 69.5 Å². The standard InChI is InChI=1S/C24H27N7O5S3/c1-26-30-8-6-15(7-9-30)37-10-13-11-38-22-18(21(33)31(22)19(13)23(34)35)28-20(32)17(16-12-39-24(25)27-16)29-36-14-4-2-3-5-14/h6-9,12,14,18,22,26H,2-5,10-11H2,1H3,(H3-,25,27,28,32,34,35)/b29-17-/t18-,22-/m1/s1. The van der Waals surface area contributed by atoms with Crippen LogP contribution in [0, 0.1) is 0 Å². The van der Waals surface area contributed by atoms with E-state index in [1.54, 1.807) is 17.1 Å². The third-order valence-electron chi connectivity index (χ3n) is 6.57. The summed E-state index contributed by atoms with van der Waals surface area (Å²) >= 11 is 4.02. The second-order valence-corrected chi connectivity index (χ2v) is 12.1. The molecule has 2 fully saturated rings. The average molecular weight is 590 g/mol. The smallest absolute Gasteiger partial charge is 0.276 e. The molecule has 5 rings (SSSR count). The molecule has 0 spiro atoms. The average Bonchev–Trinajstić information content (AvgIpc) is 3.62. The largest absolute Gasteiger partial charge is 0.543 e. The molecular formula is C24H27N7O5S3. The summed E-state index contributed by atoms with van der Waals surface area (Å²) in [6.45, 7) is 0. The van der Waals surface area contributed by atoms with Crippen molar-refractivity contribution in [1.29, 1.82) is 0 Å². The zero-order valence-corrected chi connectivity index (χ0v) is 23.4. The van der Waals surface area contributed by atoms with Crippen LogP contribution < -0.4 is 26.3 Å². The van der Waals surface area contributed by atoms with Crippen molar-refractivity contribution in [3.8, 4) is 0 Å². The molecule has 3 aliphatic rings. The number of nitrogens with zero attached hydrogens (tertiary/aromatic N) is 4. The number of carbonyl (C=O) groups is 3. The number of hydrogen-bond donors (Lipinski definition) is 3. The van der Waals surface area contributed by atoms with Crippen molar-refractivity contribution in [2.75, 3.05) is 29.7 Å². The van der Waals surface area contributed by atoms with E-state index in [0.29, 0.717) is 17.1 Å². The Morgan fingerprint density at radius 1 is 1.33 bits per heavy atom. The van der Waals surface area contributed by atoms with Crippen molar-refractivity contribution in [3.05, 3.63) is 46.9 Å². The molecule has 0 unspecified atom stereocenters. The van der Waals surface area contributed by atoms with Crippen molar-refractivity contribution >= 4 is 63.5 Å². The summed E-state index contributed by atoms with van der Waals surface area (Å²) in [6.07, 6.45) is 7.40. The third-order valence-corrected chi connectivity index (χ3v) is 9.68. The molecule has 2 amide bonds. The molecule has 0 bridgehead atoms. The highest BCUT2D eigenvalue weighted by atomic mass is 32.2. The number of carboxylic acids is 1. The molecular weight excluding hydrogens is 563 g/mol. The number of carbonyl (C=O) groups excluding carboxylic acids is 3. The first-order chi connectivity index (χ1) is 18.9. The van der Waals surface area contributed by atoms with Crippen molar-refractivity contribution in [2.45, 2.75) is 48.1 Å². The molecule has 0 radical (unpaired) electrons. The topological polar surface area (TPSA) is 166 Å². The number of hydrogen-bond acceptors (Lipinski definition) is 12. The molecule has 12 nitrogen and oxygen atoms in total. The molecule has 1 saturated carbocycles.